The third-order valence-corrected chi connectivity index (χ3v) is 3.62. The van der Waals surface area contributed by atoms with Gasteiger partial charge in [-0.15, -0.1) is 0 Å². The van der Waals surface area contributed by atoms with E-state index in [0.717, 1.165) is 17.7 Å². The van der Waals surface area contributed by atoms with Gasteiger partial charge in [-0.05, 0) is 37.0 Å². The van der Waals surface area contributed by atoms with Crippen LogP contribution in [0.5, 0.6) is 5.75 Å². The van der Waals surface area contributed by atoms with Gasteiger partial charge in [-0.25, -0.2) is 0 Å². The molecule has 0 bridgehead atoms. The monoisotopic (exact) mass is 300 g/mol. The van der Waals surface area contributed by atoms with Gasteiger partial charge in [0.1, 0.15) is 5.75 Å². The van der Waals surface area contributed by atoms with Crippen molar-refractivity contribution in [3.63, 3.8) is 0 Å². The number of hydrogen-bond donors (Lipinski definition) is 1. The number of nitrogens with zero attached hydrogens (tertiary/aromatic N) is 1. The van der Waals surface area contributed by atoms with Gasteiger partial charge in [0.15, 0.2) is 0 Å². The molecule has 0 radical (unpaired) electrons. The molecule has 22 heavy (non-hydrogen) atoms. The summed E-state index contributed by atoms with van der Waals surface area (Å²) in [4.78, 5) is 25.2. The first-order valence-electron chi connectivity index (χ1n) is 7.26. The molecule has 1 N–H and O–H groups in total. The van der Waals surface area contributed by atoms with Gasteiger partial charge in [-0.2, -0.15) is 0 Å². The average molecular weight is 300 g/mol. The van der Waals surface area contributed by atoms with Crippen LogP contribution in [0.25, 0.3) is 0 Å². The standard InChI is InChI=1S/C17H20N2O3/c1-3-4-16(20)18-14-11-17(21)19(12-14)10-9-13-5-7-15(22-2)8-6-13/h5-8,14H,9-12H2,1-2H3,(H,18,20). The predicted octanol–water partition coefficient (Wildman–Crippen LogP) is 0.978. The minimum atomic E-state index is -0.322. The molecule has 0 aromatic heterocycles. The molecule has 1 unspecified atom stereocenters. The Labute approximate surface area is 130 Å². The van der Waals surface area contributed by atoms with Crippen molar-refractivity contribution in [1.82, 2.24) is 10.2 Å². The largest absolute Gasteiger partial charge is 0.497 e. The molecule has 0 saturated carbocycles. The second-order valence-corrected chi connectivity index (χ2v) is 5.19. The molecule has 5 heteroatoms. The minimum Gasteiger partial charge on any atom is -0.497 e. The number of carbonyl (C=O) groups excluding carboxylic acids is 2. The Kier molecular flexibility index (Phi) is 5.42. The predicted molar refractivity (Wildman–Crippen MR) is 83.3 cm³/mol. The van der Waals surface area contributed by atoms with Crippen LogP contribution in [-0.2, 0) is 16.0 Å². The number of hydrogen-bond acceptors (Lipinski definition) is 3. The Morgan fingerprint density at radius 1 is 1.41 bits per heavy atom. The van der Waals surface area contributed by atoms with E-state index in [1.54, 1.807) is 18.9 Å². The number of nitrogens with one attached hydrogen (secondary N) is 1. The van der Waals surface area contributed by atoms with Gasteiger partial charge in [-0.1, -0.05) is 18.1 Å². The van der Waals surface area contributed by atoms with Crippen LogP contribution in [0.15, 0.2) is 24.3 Å². The zero-order valence-corrected chi connectivity index (χ0v) is 12.9. The lowest BCUT2D eigenvalue weighted by Crippen LogP contribution is -2.36. The highest BCUT2D eigenvalue weighted by atomic mass is 16.5. The van der Waals surface area contributed by atoms with Gasteiger partial charge >= 0.3 is 0 Å². The maximum atomic E-state index is 12.0. The smallest absolute Gasteiger partial charge is 0.296 e. The Bertz CT molecular complexity index is 599. The fraction of sp³-hybridized carbons (Fsp3) is 0.412. The summed E-state index contributed by atoms with van der Waals surface area (Å²) in [6, 6.07) is 7.67. The molecule has 1 heterocycles. The fourth-order valence-corrected chi connectivity index (χ4v) is 2.48. The molecule has 2 amide bonds. The van der Waals surface area contributed by atoms with Crippen molar-refractivity contribution < 1.29 is 14.3 Å². The number of amides is 2. The molecule has 1 saturated heterocycles. The molecule has 1 aliphatic heterocycles. The van der Waals surface area contributed by atoms with Gasteiger partial charge in [0.25, 0.3) is 5.91 Å². The van der Waals surface area contributed by atoms with E-state index in [1.807, 2.05) is 24.3 Å². The highest BCUT2D eigenvalue weighted by Gasteiger charge is 2.29. The molecular weight excluding hydrogens is 280 g/mol. The number of likely N-dealkylation sites (tertiary alicyclic amines) is 1. The summed E-state index contributed by atoms with van der Waals surface area (Å²) < 4.78 is 5.12. The molecule has 5 nitrogen and oxygen atoms in total. The van der Waals surface area contributed by atoms with Crippen molar-refractivity contribution in [1.29, 1.82) is 0 Å². The lowest BCUT2D eigenvalue weighted by atomic mass is 10.1. The van der Waals surface area contributed by atoms with Crippen LogP contribution in [-0.4, -0.2) is 43.0 Å². The van der Waals surface area contributed by atoms with Crippen molar-refractivity contribution in [2.75, 3.05) is 20.2 Å². The van der Waals surface area contributed by atoms with Crippen LogP contribution in [0.3, 0.4) is 0 Å². The summed E-state index contributed by atoms with van der Waals surface area (Å²) in [7, 11) is 1.63. The van der Waals surface area contributed by atoms with Crippen molar-refractivity contribution >= 4 is 11.8 Å². The zero-order chi connectivity index (χ0) is 15.9. The number of benzene rings is 1. The van der Waals surface area contributed by atoms with Crippen molar-refractivity contribution in [3.05, 3.63) is 29.8 Å². The molecule has 0 aliphatic carbocycles. The molecule has 1 aliphatic rings. The van der Waals surface area contributed by atoms with Crippen LogP contribution in [0.4, 0.5) is 0 Å². The number of rotatable bonds is 5. The molecule has 1 fully saturated rings. The molecule has 116 valence electrons. The Balaban J connectivity index is 1.83. The van der Waals surface area contributed by atoms with Crippen LogP contribution in [0, 0.1) is 11.8 Å². The second-order valence-electron chi connectivity index (χ2n) is 5.19. The first kappa shape index (κ1) is 15.9. The SMILES string of the molecule is CC#CC(=O)NC1CC(=O)N(CCc2ccc(OC)cc2)C1. The summed E-state index contributed by atoms with van der Waals surface area (Å²) in [5.41, 5.74) is 1.15. The summed E-state index contributed by atoms with van der Waals surface area (Å²) in [6.45, 7) is 2.81. The van der Waals surface area contributed by atoms with E-state index < -0.39 is 0 Å². The average Bonchev–Trinajstić information content (AvgIpc) is 2.85. The molecule has 2 rings (SSSR count). The Morgan fingerprint density at radius 3 is 2.77 bits per heavy atom. The summed E-state index contributed by atoms with van der Waals surface area (Å²) in [5.74, 6) is 5.55. The van der Waals surface area contributed by atoms with Crippen molar-refractivity contribution in [3.8, 4) is 17.6 Å². The van der Waals surface area contributed by atoms with E-state index in [0.29, 0.717) is 19.5 Å². The van der Waals surface area contributed by atoms with Gasteiger partial charge in [0.2, 0.25) is 5.91 Å². The lowest BCUT2D eigenvalue weighted by Gasteiger charge is -2.16. The second kappa shape index (κ2) is 7.51. The first-order valence-corrected chi connectivity index (χ1v) is 7.26. The van der Waals surface area contributed by atoms with Gasteiger partial charge < -0.3 is 15.0 Å². The third-order valence-electron chi connectivity index (χ3n) is 3.62. The van der Waals surface area contributed by atoms with Crippen LogP contribution < -0.4 is 10.1 Å². The van der Waals surface area contributed by atoms with Crippen molar-refractivity contribution in [2.24, 2.45) is 0 Å². The Hall–Kier alpha value is -2.48. The minimum absolute atomic E-state index is 0.0725. The van der Waals surface area contributed by atoms with E-state index in [2.05, 4.69) is 17.2 Å². The molecule has 1 aromatic rings. The highest BCUT2D eigenvalue weighted by Crippen LogP contribution is 2.15. The lowest BCUT2D eigenvalue weighted by molar-refractivity contribution is -0.127. The van der Waals surface area contributed by atoms with E-state index in [-0.39, 0.29) is 17.9 Å². The van der Waals surface area contributed by atoms with Crippen LogP contribution in [0.2, 0.25) is 0 Å². The summed E-state index contributed by atoms with van der Waals surface area (Å²) >= 11 is 0. The normalized spacial score (nSPS) is 16.9. The number of methoxy groups -OCH3 is 1. The first-order chi connectivity index (χ1) is 10.6. The molecule has 1 aromatic carbocycles. The van der Waals surface area contributed by atoms with Gasteiger partial charge in [0, 0.05) is 19.5 Å². The number of carbonyl (C=O) groups is 2. The molecule has 0 spiro atoms. The third kappa shape index (κ3) is 4.26. The van der Waals surface area contributed by atoms with E-state index in [9.17, 15) is 9.59 Å². The molecular formula is C17H20N2O3. The van der Waals surface area contributed by atoms with E-state index >= 15 is 0 Å². The summed E-state index contributed by atoms with van der Waals surface area (Å²) in [6.07, 6.45) is 1.13. The Morgan fingerprint density at radius 2 is 2.14 bits per heavy atom. The van der Waals surface area contributed by atoms with Gasteiger partial charge in [-0.3, -0.25) is 9.59 Å². The van der Waals surface area contributed by atoms with Gasteiger partial charge in [0.05, 0.1) is 13.2 Å². The quantitative estimate of drug-likeness (QED) is 0.825. The van der Waals surface area contributed by atoms with Crippen LogP contribution >= 0.6 is 0 Å². The topological polar surface area (TPSA) is 58.6 Å². The van der Waals surface area contributed by atoms with E-state index in [4.69, 9.17) is 4.74 Å². The zero-order valence-electron chi connectivity index (χ0n) is 12.9. The highest BCUT2D eigenvalue weighted by molar-refractivity contribution is 5.94. The number of ether oxygens (including phenoxy) is 1. The van der Waals surface area contributed by atoms with Crippen molar-refractivity contribution in [2.45, 2.75) is 25.8 Å². The maximum Gasteiger partial charge on any atom is 0.296 e. The summed E-state index contributed by atoms with van der Waals surface area (Å²) in [5, 5.41) is 2.76. The fourth-order valence-electron chi connectivity index (χ4n) is 2.48. The molecule has 1 atom stereocenters. The van der Waals surface area contributed by atoms with E-state index in [1.165, 1.54) is 0 Å². The van der Waals surface area contributed by atoms with Crippen LogP contribution in [0.1, 0.15) is 18.9 Å². The maximum absolute atomic E-state index is 12.0.